The van der Waals surface area contributed by atoms with E-state index in [9.17, 15) is 24.2 Å². The van der Waals surface area contributed by atoms with Crippen molar-refractivity contribution in [3.8, 4) is 0 Å². The number of esters is 2. The van der Waals surface area contributed by atoms with Gasteiger partial charge in [-0.15, -0.1) is 0 Å². The number of carbonyl (C=O) groups is 2. The van der Waals surface area contributed by atoms with E-state index >= 15 is 0 Å². The van der Waals surface area contributed by atoms with Crippen molar-refractivity contribution in [1.29, 1.82) is 0 Å². The number of phosphoric ester groups is 1. The molecule has 0 aromatic carbocycles. The minimum atomic E-state index is -4.67. The molecule has 0 amide bonds. The Morgan fingerprint density at radius 3 is 1.62 bits per heavy atom. The monoisotopic (exact) mass is 872 g/mol. The number of likely N-dealkylation sites (N-methyl/N-ethyl adjacent to an activating group) is 1. The van der Waals surface area contributed by atoms with Gasteiger partial charge in [-0.2, -0.15) is 0 Å². The van der Waals surface area contributed by atoms with Crippen LogP contribution in [0, 0.1) is 0 Å². The van der Waals surface area contributed by atoms with Crippen LogP contribution in [0.1, 0.15) is 136 Å². The number of aliphatic hydroxyl groups excluding tert-OH is 1. The highest BCUT2D eigenvalue weighted by atomic mass is 31.2. The van der Waals surface area contributed by atoms with Crippen molar-refractivity contribution in [1.82, 2.24) is 0 Å². The second-order valence-corrected chi connectivity index (χ2v) is 17.3. The number of phosphoric acid groups is 1. The van der Waals surface area contributed by atoms with Gasteiger partial charge in [-0.05, 0) is 89.9 Å². The summed E-state index contributed by atoms with van der Waals surface area (Å²) in [7, 11) is 1.06. The Bertz CT molecular complexity index is 1420. The predicted octanol–water partition coefficient (Wildman–Crippen LogP) is 11.5. The summed E-state index contributed by atoms with van der Waals surface area (Å²) in [5, 5.41) is 9.83. The normalized spacial score (nSPS) is 15.1. The minimum absolute atomic E-state index is 0.0608. The molecule has 0 saturated carbocycles. The number of carbonyl (C=O) groups excluding carboxylic acids is 2. The highest BCUT2D eigenvalue weighted by molar-refractivity contribution is 7.45. The molecule has 0 rings (SSSR count). The van der Waals surface area contributed by atoms with Crippen molar-refractivity contribution in [2.24, 2.45) is 0 Å². The number of unbranched alkanes of at least 4 members (excludes halogenated alkanes) is 5. The third-order valence-corrected chi connectivity index (χ3v) is 9.81. The number of quaternary nitrogens is 1. The lowest BCUT2D eigenvalue weighted by Crippen LogP contribution is -2.37. The summed E-state index contributed by atoms with van der Waals surface area (Å²) >= 11 is 0. The largest absolute Gasteiger partial charge is 0.756 e. The second kappa shape index (κ2) is 40.7. The van der Waals surface area contributed by atoms with Crippen LogP contribution in [-0.4, -0.2) is 81.2 Å². The third kappa shape index (κ3) is 44.5. The van der Waals surface area contributed by atoms with Gasteiger partial charge in [0.2, 0.25) is 0 Å². The van der Waals surface area contributed by atoms with Gasteiger partial charge in [-0.25, -0.2) is 0 Å². The lowest BCUT2D eigenvalue weighted by atomic mass is 10.1. The molecule has 0 radical (unpaired) electrons. The summed E-state index contributed by atoms with van der Waals surface area (Å²) in [6.07, 6.45) is 51.7. The molecular weight excluding hydrogens is 790 g/mol. The molecule has 0 aromatic heterocycles. The number of aliphatic hydroxyl groups is 1. The Morgan fingerprint density at radius 1 is 0.607 bits per heavy atom. The summed E-state index contributed by atoms with van der Waals surface area (Å²) in [5.41, 5.74) is 0. The van der Waals surface area contributed by atoms with Crippen molar-refractivity contribution < 1.29 is 47.2 Å². The molecule has 0 spiro atoms. The van der Waals surface area contributed by atoms with Crippen molar-refractivity contribution >= 4 is 19.8 Å². The molecule has 0 aromatic rings. The molecule has 3 atom stereocenters. The van der Waals surface area contributed by atoms with E-state index in [0.717, 1.165) is 89.9 Å². The van der Waals surface area contributed by atoms with Gasteiger partial charge in [0.1, 0.15) is 19.8 Å². The quantitative estimate of drug-likeness (QED) is 0.0211. The van der Waals surface area contributed by atoms with Gasteiger partial charge in [0, 0.05) is 12.8 Å². The average molecular weight is 872 g/mol. The van der Waals surface area contributed by atoms with Gasteiger partial charge in [0.05, 0.1) is 33.9 Å². The Kier molecular flexibility index (Phi) is 38.4. The lowest BCUT2D eigenvalue weighted by molar-refractivity contribution is -0.870. The highest BCUT2D eigenvalue weighted by Gasteiger charge is 2.21. The van der Waals surface area contributed by atoms with Crippen molar-refractivity contribution in [3.05, 3.63) is 109 Å². The first-order valence-electron chi connectivity index (χ1n) is 22.7. The molecule has 1 unspecified atom stereocenters. The molecule has 0 aliphatic rings. The topological polar surface area (TPSA) is 131 Å². The number of allylic oxidation sites excluding steroid dienone is 17. The fraction of sp³-hybridized carbons (Fsp3) is 0.600. The number of hydrogen-bond acceptors (Lipinski definition) is 9. The third-order valence-electron chi connectivity index (χ3n) is 8.85. The number of rotatable bonds is 39. The van der Waals surface area contributed by atoms with Crippen molar-refractivity contribution in [3.63, 3.8) is 0 Å². The van der Waals surface area contributed by atoms with Crippen molar-refractivity contribution in [2.45, 2.75) is 148 Å². The summed E-state index contributed by atoms with van der Waals surface area (Å²) in [6, 6.07) is 0. The summed E-state index contributed by atoms with van der Waals surface area (Å²) in [6.45, 7) is 3.81. The lowest BCUT2D eigenvalue weighted by Gasteiger charge is -2.28. The SMILES string of the molecule is CC/C=C\C/C=C\C/C=C\C/C=C\C/C=C\CCCCCC(=O)OC[C@H](COP(=O)([O-])OCC[N+](C)(C)C)OC(=O)CCC/C=C\C/C=C\C/C=C\C/C=C\[C@H](O)CCCC. The first-order chi connectivity index (χ1) is 29.4. The zero-order chi connectivity index (χ0) is 45.1. The van der Waals surface area contributed by atoms with E-state index in [1.165, 1.54) is 0 Å². The summed E-state index contributed by atoms with van der Waals surface area (Å²) in [4.78, 5) is 37.6. The molecule has 0 bridgehead atoms. The maximum absolute atomic E-state index is 12.7. The van der Waals surface area contributed by atoms with E-state index in [4.69, 9.17) is 18.5 Å². The van der Waals surface area contributed by atoms with E-state index in [-0.39, 0.29) is 32.2 Å². The Morgan fingerprint density at radius 2 is 1.10 bits per heavy atom. The smallest absolute Gasteiger partial charge is 0.306 e. The van der Waals surface area contributed by atoms with Crippen LogP contribution in [0.2, 0.25) is 0 Å². The number of ether oxygens (including phenoxy) is 2. The molecule has 0 saturated heterocycles. The van der Waals surface area contributed by atoms with Gasteiger partial charge < -0.3 is 33.0 Å². The van der Waals surface area contributed by atoms with Gasteiger partial charge in [0.25, 0.3) is 7.82 Å². The minimum Gasteiger partial charge on any atom is -0.756 e. The molecule has 10 nitrogen and oxygen atoms in total. The van der Waals surface area contributed by atoms with E-state index in [0.29, 0.717) is 30.3 Å². The van der Waals surface area contributed by atoms with E-state index in [1.807, 2.05) is 45.4 Å². The number of hydrogen-bond donors (Lipinski definition) is 1. The van der Waals surface area contributed by atoms with Crippen LogP contribution in [0.15, 0.2) is 109 Å². The molecule has 61 heavy (non-hydrogen) atoms. The van der Waals surface area contributed by atoms with Gasteiger partial charge in [-0.3, -0.25) is 14.2 Å². The zero-order valence-corrected chi connectivity index (χ0v) is 39.3. The predicted molar refractivity (Wildman–Crippen MR) is 251 cm³/mol. The molecule has 0 fully saturated rings. The van der Waals surface area contributed by atoms with E-state index in [2.05, 4.69) is 98.9 Å². The second-order valence-electron chi connectivity index (χ2n) is 15.8. The first kappa shape index (κ1) is 57.6. The van der Waals surface area contributed by atoms with Gasteiger partial charge in [-0.1, -0.05) is 142 Å². The average Bonchev–Trinajstić information content (AvgIpc) is 3.21. The molecular formula is C50H82NO9P. The molecule has 0 heterocycles. The molecule has 1 N–H and O–H groups in total. The fourth-order valence-corrected chi connectivity index (χ4v) is 6.01. The van der Waals surface area contributed by atoms with Crippen LogP contribution in [0.4, 0.5) is 0 Å². The van der Waals surface area contributed by atoms with Crippen molar-refractivity contribution in [2.75, 3.05) is 47.5 Å². The Hall–Kier alpha value is -3.37. The maximum atomic E-state index is 12.7. The first-order valence-corrected chi connectivity index (χ1v) is 24.1. The van der Waals surface area contributed by atoms with Crippen LogP contribution >= 0.6 is 7.82 Å². The van der Waals surface area contributed by atoms with Crippen LogP contribution in [0.3, 0.4) is 0 Å². The maximum Gasteiger partial charge on any atom is 0.306 e. The zero-order valence-electron chi connectivity index (χ0n) is 38.4. The van der Waals surface area contributed by atoms with Gasteiger partial charge >= 0.3 is 11.9 Å². The van der Waals surface area contributed by atoms with Crippen LogP contribution < -0.4 is 4.89 Å². The molecule has 0 aliphatic heterocycles. The standard InChI is InChI=1S/C50H82NO9P/c1-6-8-10-11-12-13-14-15-16-17-18-19-20-21-25-28-31-34-37-41-49(53)57-45-48(46-59-61(55,56)58-44-43-51(3,4)5)60-50(54)42-38-35-32-29-26-23-22-24-27-30-33-36-40-47(52)39-9-7-2/h8,10,12-13,15-16,18-19,21-23,25,27,29-30,32,36,40,47-48,52H,6-7,9,11,14,17,20,24,26,28,31,33-35,37-39,41-46H2,1-5H3/b10-8-,13-12-,16-15-,19-18-,23-22-,25-21-,30-27-,32-29-,40-36-/t47-,48-/m1/s1. The van der Waals surface area contributed by atoms with E-state index < -0.39 is 32.5 Å². The van der Waals surface area contributed by atoms with Crippen LogP contribution in [0.25, 0.3) is 0 Å². The van der Waals surface area contributed by atoms with Crippen LogP contribution in [0.5, 0.6) is 0 Å². The summed E-state index contributed by atoms with van der Waals surface area (Å²) < 4.78 is 33.8. The Labute approximate surface area is 370 Å². The number of nitrogens with zero attached hydrogens (tertiary/aromatic N) is 1. The molecule has 11 heteroatoms. The highest BCUT2D eigenvalue weighted by Crippen LogP contribution is 2.38. The van der Waals surface area contributed by atoms with E-state index in [1.54, 1.807) is 0 Å². The fourth-order valence-electron chi connectivity index (χ4n) is 5.28. The molecule has 0 aliphatic carbocycles. The van der Waals surface area contributed by atoms with Gasteiger partial charge in [0.15, 0.2) is 6.10 Å². The molecule has 346 valence electrons. The summed E-state index contributed by atoms with van der Waals surface area (Å²) in [5.74, 6) is -0.974. The Balaban J connectivity index is 4.55. The van der Waals surface area contributed by atoms with Crippen LogP contribution in [-0.2, 0) is 32.7 Å².